The van der Waals surface area contributed by atoms with E-state index in [1.54, 1.807) is 32.7 Å². The summed E-state index contributed by atoms with van der Waals surface area (Å²) in [5.74, 6) is -1.56. The van der Waals surface area contributed by atoms with Crippen molar-refractivity contribution < 1.29 is 38.2 Å². The molecular weight excluding hydrogens is 484 g/mol. The fourth-order valence-corrected chi connectivity index (χ4v) is 5.55. The Labute approximate surface area is 205 Å². The number of rotatable bonds is 6. The normalized spacial score (nSPS) is 14.4. The molecule has 0 aliphatic carbocycles. The smallest absolute Gasteiger partial charge is 0.410 e. The van der Waals surface area contributed by atoms with Gasteiger partial charge in [0.25, 0.3) is 5.03 Å². The van der Waals surface area contributed by atoms with Gasteiger partial charge in [-0.2, -0.15) is 0 Å². The molecular formula is C21H28N4O7S2. The highest BCUT2D eigenvalue weighted by Crippen LogP contribution is 2.39. The lowest BCUT2D eigenvalue weighted by Crippen LogP contribution is -2.39. The molecule has 2 aromatic rings. The SMILES string of the molecule is CCC(Sc1c([O-])on[n+]1C)C(=O)Nc1sc2c(c1C(=O)OC)CCN(C(=O)OC(C)(C)C)C2. The summed E-state index contributed by atoms with van der Waals surface area (Å²) in [5.41, 5.74) is 0.417. The van der Waals surface area contributed by atoms with Gasteiger partial charge < -0.3 is 29.3 Å². The van der Waals surface area contributed by atoms with Crippen LogP contribution in [0, 0.1) is 0 Å². The van der Waals surface area contributed by atoms with Crippen LogP contribution >= 0.6 is 23.1 Å². The Hall–Kier alpha value is -2.80. The molecule has 1 unspecified atom stereocenters. The van der Waals surface area contributed by atoms with Crippen molar-refractivity contribution >= 4 is 46.1 Å². The summed E-state index contributed by atoms with van der Waals surface area (Å²) in [7, 11) is 2.83. The number of thioether (sulfide) groups is 1. The first-order valence-electron chi connectivity index (χ1n) is 10.7. The van der Waals surface area contributed by atoms with E-state index in [1.807, 2.05) is 6.92 Å². The lowest BCUT2D eigenvalue weighted by Gasteiger charge is -2.30. The number of aryl methyl sites for hydroxylation is 1. The third-order valence-corrected chi connectivity index (χ3v) is 7.58. The van der Waals surface area contributed by atoms with Crippen molar-refractivity contribution in [3.63, 3.8) is 0 Å². The number of thiophene rings is 1. The number of hydrogen-bond acceptors (Lipinski definition) is 10. The number of nitrogens with zero attached hydrogens (tertiary/aromatic N) is 3. The number of esters is 1. The topological polar surface area (TPSA) is 138 Å². The van der Waals surface area contributed by atoms with Crippen LogP contribution in [-0.4, -0.2) is 52.6 Å². The van der Waals surface area contributed by atoms with E-state index in [1.165, 1.54) is 23.1 Å². The predicted octanol–water partition coefficient (Wildman–Crippen LogP) is 2.22. The molecule has 2 amide bonds. The highest BCUT2D eigenvalue weighted by Gasteiger charge is 2.34. The third kappa shape index (κ3) is 5.63. The number of fused-ring (bicyclic) bond motifs is 1. The molecule has 0 radical (unpaired) electrons. The maximum absolute atomic E-state index is 13.1. The van der Waals surface area contributed by atoms with Crippen LogP contribution < -0.4 is 15.1 Å². The van der Waals surface area contributed by atoms with E-state index in [4.69, 9.17) is 9.47 Å². The molecule has 1 aliphatic heterocycles. The summed E-state index contributed by atoms with van der Waals surface area (Å²) in [6, 6.07) is 0. The van der Waals surface area contributed by atoms with Crippen molar-refractivity contribution in [1.82, 2.24) is 10.2 Å². The first kappa shape index (κ1) is 25.8. The van der Waals surface area contributed by atoms with Crippen LogP contribution in [0.25, 0.3) is 0 Å². The van der Waals surface area contributed by atoms with Gasteiger partial charge in [0.1, 0.15) is 10.6 Å². The Balaban J connectivity index is 1.83. The summed E-state index contributed by atoms with van der Waals surface area (Å²) >= 11 is 2.27. The maximum Gasteiger partial charge on any atom is 0.410 e. The first-order valence-corrected chi connectivity index (χ1v) is 12.4. The summed E-state index contributed by atoms with van der Waals surface area (Å²) in [6.07, 6.45) is 0.411. The van der Waals surface area contributed by atoms with E-state index in [0.717, 1.165) is 22.2 Å². The van der Waals surface area contributed by atoms with E-state index >= 15 is 0 Å². The Morgan fingerprint density at radius 1 is 1.38 bits per heavy atom. The van der Waals surface area contributed by atoms with Crippen LogP contribution in [0.5, 0.6) is 5.95 Å². The number of methoxy groups -OCH3 is 1. The van der Waals surface area contributed by atoms with Crippen molar-refractivity contribution in [2.75, 3.05) is 19.0 Å². The lowest BCUT2D eigenvalue weighted by molar-refractivity contribution is -0.772. The van der Waals surface area contributed by atoms with Gasteiger partial charge in [-0.05, 0) is 50.9 Å². The second-order valence-corrected chi connectivity index (χ2v) is 10.9. The van der Waals surface area contributed by atoms with E-state index in [-0.39, 0.29) is 17.5 Å². The van der Waals surface area contributed by atoms with Crippen molar-refractivity contribution in [1.29, 1.82) is 0 Å². The summed E-state index contributed by atoms with van der Waals surface area (Å²) in [6.45, 7) is 7.84. The van der Waals surface area contributed by atoms with Crippen molar-refractivity contribution in [3.05, 3.63) is 16.0 Å². The second-order valence-electron chi connectivity index (χ2n) is 8.64. The van der Waals surface area contributed by atoms with Crippen LogP contribution in [0.4, 0.5) is 9.80 Å². The molecule has 3 heterocycles. The molecule has 13 heteroatoms. The molecule has 3 rings (SSSR count). The molecule has 0 saturated carbocycles. The molecule has 1 aliphatic rings. The molecule has 0 saturated heterocycles. The molecule has 0 aromatic carbocycles. The third-order valence-electron chi connectivity index (χ3n) is 4.97. The average molecular weight is 513 g/mol. The van der Waals surface area contributed by atoms with E-state index in [9.17, 15) is 19.5 Å². The quantitative estimate of drug-likeness (QED) is 0.351. The molecule has 2 aromatic heterocycles. The fraction of sp³-hybridized carbons (Fsp3) is 0.571. The van der Waals surface area contributed by atoms with Gasteiger partial charge in [0, 0.05) is 11.4 Å². The minimum Gasteiger partial charge on any atom is -0.538 e. The van der Waals surface area contributed by atoms with Crippen LogP contribution in [0.1, 0.15) is 54.9 Å². The molecule has 0 bridgehead atoms. The van der Waals surface area contributed by atoms with Gasteiger partial charge in [-0.15, -0.1) is 11.3 Å². The van der Waals surface area contributed by atoms with Gasteiger partial charge in [-0.25, -0.2) is 9.59 Å². The van der Waals surface area contributed by atoms with Crippen molar-refractivity contribution in [3.8, 4) is 5.95 Å². The molecule has 0 fully saturated rings. The first-order chi connectivity index (χ1) is 15.9. The van der Waals surface area contributed by atoms with Crippen LogP contribution in [0.3, 0.4) is 0 Å². The zero-order chi connectivity index (χ0) is 25.2. The number of ether oxygens (including phenoxy) is 2. The number of amides is 2. The molecule has 1 atom stereocenters. The fourth-order valence-electron chi connectivity index (χ4n) is 3.37. The number of carbonyl (C=O) groups is 3. The van der Waals surface area contributed by atoms with E-state index in [0.29, 0.717) is 30.0 Å². The molecule has 1 N–H and O–H groups in total. The van der Waals surface area contributed by atoms with Gasteiger partial charge in [0.2, 0.25) is 5.91 Å². The maximum atomic E-state index is 13.1. The Morgan fingerprint density at radius 2 is 2.09 bits per heavy atom. The second kappa shape index (κ2) is 10.2. The highest BCUT2D eigenvalue weighted by atomic mass is 32.2. The predicted molar refractivity (Wildman–Crippen MR) is 122 cm³/mol. The summed E-state index contributed by atoms with van der Waals surface area (Å²) < 4.78 is 16.3. The van der Waals surface area contributed by atoms with Crippen LogP contribution in [0.15, 0.2) is 9.55 Å². The molecule has 11 nitrogen and oxygen atoms in total. The molecule has 0 spiro atoms. The molecule has 34 heavy (non-hydrogen) atoms. The number of aromatic nitrogens is 2. The number of anilines is 1. The van der Waals surface area contributed by atoms with Gasteiger partial charge in [-0.1, -0.05) is 11.6 Å². The van der Waals surface area contributed by atoms with Gasteiger partial charge >= 0.3 is 12.1 Å². The largest absolute Gasteiger partial charge is 0.538 e. The Bertz CT molecular complexity index is 1070. The summed E-state index contributed by atoms with van der Waals surface area (Å²) in [5, 5.41) is 18.2. The van der Waals surface area contributed by atoms with E-state index < -0.39 is 28.9 Å². The van der Waals surface area contributed by atoms with Gasteiger partial charge in [0.15, 0.2) is 13.0 Å². The average Bonchev–Trinajstić information content (AvgIpc) is 3.28. The van der Waals surface area contributed by atoms with E-state index in [2.05, 4.69) is 15.1 Å². The van der Waals surface area contributed by atoms with Crippen molar-refractivity contribution in [2.45, 2.75) is 63.0 Å². The zero-order valence-electron chi connectivity index (χ0n) is 19.9. The Morgan fingerprint density at radius 3 is 2.65 bits per heavy atom. The lowest BCUT2D eigenvalue weighted by atomic mass is 10.0. The van der Waals surface area contributed by atoms with Gasteiger partial charge in [-0.3, -0.25) is 4.79 Å². The standard InChI is InChI=1S/C21H28N4O7S2/c1-7-12(34-17-19(28)32-23-24(17)5)15(26)22-16-14(18(27)30-6)11-8-9-25(10-13(11)33-16)20(29)31-21(2,3)4/h12H,7-10H2,1-6H3,(H-,22,23,26,27,28). The minimum atomic E-state index is -0.624. The minimum absolute atomic E-state index is 0.202. The van der Waals surface area contributed by atoms with Crippen LogP contribution in [-0.2, 0) is 34.3 Å². The number of carbonyl (C=O) groups excluding carboxylic acids is 3. The van der Waals surface area contributed by atoms with Gasteiger partial charge in [0.05, 0.1) is 29.7 Å². The molecule has 186 valence electrons. The number of hydrogen-bond donors (Lipinski definition) is 1. The summed E-state index contributed by atoms with van der Waals surface area (Å²) in [4.78, 5) is 40.5. The highest BCUT2D eigenvalue weighted by molar-refractivity contribution is 8.00. The number of nitrogens with one attached hydrogen (secondary N) is 1. The van der Waals surface area contributed by atoms with Crippen LogP contribution in [0.2, 0.25) is 0 Å². The van der Waals surface area contributed by atoms with Crippen molar-refractivity contribution in [2.24, 2.45) is 7.05 Å². The monoisotopic (exact) mass is 512 g/mol. The zero-order valence-corrected chi connectivity index (χ0v) is 21.6. The Kier molecular flexibility index (Phi) is 7.76.